The Morgan fingerprint density at radius 3 is 2.37 bits per heavy atom. The summed E-state index contributed by atoms with van der Waals surface area (Å²) in [6, 6.07) is 20.8. The van der Waals surface area contributed by atoms with E-state index in [9.17, 15) is 8.42 Å². The second-order valence-electron chi connectivity index (χ2n) is 7.21. The van der Waals surface area contributed by atoms with E-state index in [1.165, 1.54) is 17.0 Å². The van der Waals surface area contributed by atoms with Crippen LogP contribution in [-0.2, 0) is 10.0 Å². The van der Waals surface area contributed by atoms with Gasteiger partial charge in [-0.25, -0.2) is 8.42 Å². The molecular formula is C22H22N2O2S. The minimum atomic E-state index is -3.31. The molecule has 4 rings (SSSR count). The predicted octanol–water partition coefficient (Wildman–Crippen LogP) is 5.41. The van der Waals surface area contributed by atoms with Gasteiger partial charge in [0.25, 0.3) is 0 Å². The fourth-order valence-electron chi connectivity index (χ4n) is 3.54. The molecule has 27 heavy (non-hydrogen) atoms. The zero-order valence-corrected chi connectivity index (χ0v) is 16.4. The van der Waals surface area contributed by atoms with Crippen LogP contribution in [0.1, 0.15) is 19.9 Å². The van der Waals surface area contributed by atoms with Gasteiger partial charge in [-0.3, -0.25) is 4.72 Å². The SMILES string of the molecule is CC(C)n1cc(-c2ccc3ccccc3c2)c2ccc(NS(C)(=O)=O)cc21. The summed E-state index contributed by atoms with van der Waals surface area (Å²) in [5.74, 6) is 0. The average molecular weight is 378 g/mol. The molecule has 0 spiro atoms. The van der Waals surface area contributed by atoms with E-state index in [4.69, 9.17) is 0 Å². The zero-order valence-electron chi connectivity index (χ0n) is 15.6. The monoisotopic (exact) mass is 378 g/mol. The number of fused-ring (bicyclic) bond motifs is 2. The lowest BCUT2D eigenvalue weighted by Crippen LogP contribution is -2.09. The van der Waals surface area contributed by atoms with E-state index in [1.54, 1.807) is 0 Å². The smallest absolute Gasteiger partial charge is 0.229 e. The van der Waals surface area contributed by atoms with Crippen molar-refractivity contribution in [3.8, 4) is 11.1 Å². The lowest BCUT2D eigenvalue weighted by atomic mass is 10.0. The molecule has 0 atom stereocenters. The molecule has 138 valence electrons. The number of aromatic nitrogens is 1. The third-order valence-corrected chi connectivity index (χ3v) is 5.36. The van der Waals surface area contributed by atoms with E-state index >= 15 is 0 Å². The summed E-state index contributed by atoms with van der Waals surface area (Å²) in [6.45, 7) is 4.25. The van der Waals surface area contributed by atoms with Gasteiger partial charge in [0.1, 0.15) is 0 Å². The first-order valence-electron chi connectivity index (χ1n) is 8.93. The van der Waals surface area contributed by atoms with Crippen LogP contribution in [0.25, 0.3) is 32.8 Å². The standard InChI is InChI=1S/C22H22N2O2S/c1-15(2)24-14-21(18-9-8-16-6-4-5-7-17(16)12-18)20-11-10-19(13-22(20)24)23-27(3,25)26/h4-15,23H,1-3H3. The molecular weight excluding hydrogens is 356 g/mol. The minimum absolute atomic E-state index is 0.259. The topological polar surface area (TPSA) is 51.1 Å². The van der Waals surface area contributed by atoms with Crippen LogP contribution in [0, 0.1) is 0 Å². The fourth-order valence-corrected chi connectivity index (χ4v) is 4.10. The summed E-state index contributed by atoms with van der Waals surface area (Å²) in [5, 5.41) is 3.53. The molecule has 0 unspecified atom stereocenters. The van der Waals surface area contributed by atoms with Gasteiger partial charge in [0.2, 0.25) is 10.0 Å². The summed E-state index contributed by atoms with van der Waals surface area (Å²) < 4.78 is 27.9. The Hall–Kier alpha value is -2.79. The van der Waals surface area contributed by atoms with Crippen LogP contribution in [0.4, 0.5) is 5.69 Å². The van der Waals surface area contributed by atoms with E-state index in [2.05, 4.69) is 59.7 Å². The van der Waals surface area contributed by atoms with Crippen molar-refractivity contribution in [1.82, 2.24) is 4.57 Å². The lowest BCUT2D eigenvalue weighted by Gasteiger charge is -2.10. The van der Waals surface area contributed by atoms with Crippen molar-refractivity contribution in [1.29, 1.82) is 0 Å². The van der Waals surface area contributed by atoms with Crippen LogP contribution < -0.4 is 4.72 Å². The van der Waals surface area contributed by atoms with Gasteiger partial charge < -0.3 is 4.57 Å². The maximum absolute atomic E-state index is 11.6. The highest BCUT2D eigenvalue weighted by Crippen LogP contribution is 2.35. The van der Waals surface area contributed by atoms with Crippen LogP contribution in [0.15, 0.2) is 66.9 Å². The maximum Gasteiger partial charge on any atom is 0.229 e. The Kier molecular flexibility index (Phi) is 4.19. The Morgan fingerprint density at radius 1 is 0.926 bits per heavy atom. The molecule has 0 saturated carbocycles. The Bertz CT molecular complexity index is 1250. The van der Waals surface area contributed by atoms with Crippen molar-refractivity contribution in [2.45, 2.75) is 19.9 Å². The van der Waals surface area contributed by atoms with Gasteiger partial charge in [-0.15, -0.1) is 0 Å². The lowest BCUT2D eigenvalue weighted by molar-refractivity contribution is 0.607. The Balaban J connectivity index is 1.92. The molecule has 0 saturated heterocycles. The fraction of sp³-hybridized carbons (Fsp3) is 0.182. The quantitative estimate of drug-likeness (QED) is 0.516. The first kappa shape index (κ1) is 17.6. The average Bonchev–Trinajstić information content (AvgIpc) is 2.99. The molecule has 0 bridgehead atoms. The van der Waals surface area contributed by atoms with Gasteiger partial charge in [0.05, 0.1) is 17.5 Å². The largest absolute Gasteiger partial charge is 0.344 e. The molecule has 1 aromatic heterocycles. The van der Waals surface area contributed by atoms with E-state index in [-0.39, 0.29) is 6.04 Å². The summed E-state index contributed by atoms with van der Waals surface area (Å²) in [7, 11) is -3.31. The van der Waals surface area contributed by atoms with Crippen molar-refractivity contribution < 1.29 is 8.42 Å². The van der Waals surface area contributed by atoms with Crippen molar-refractivity contribution in [2.24, 2.45) is 0 Å². The molecule has 0 aliphatic carbocycles. The van der Waals surface area contributed by atoms with Crippen LogP contribution in [0.5, 0.6) is 0 Å². The molecule has 3 aromatic carbocycles. The minimum Gasteiger partial charge on any atom is -0.344 e. The molecule has 1 heterocycles. The first-order chi connectivity index (χ1) is 12.8. The number of benzene rings is 3. The van der Waals surface area contributed by atoms with Gasteiger partial charge >= 0.3 is 0 Å². The Labute approximate surface area is 159 Å². The van der Waals surface area contributed by atoms with Gasteiger partial charge in [-0.2, -0.15) is 0 Å². The van der Waals surface area contributed by atoms with Crippen LogP contribution in [-0.4, -0.2) is 19.2 Å². The number of hydrogen-bond acceptors (Lipinski definition) is 2. The number of nitrogens with one attached hydrogen (secondary N) is 1. The van der Waals surface area contributed by atoms with Gasteiger partial charge in [-0.05, 0) is 48.4 Å². The molecule has 0 fully saturated rings. The molecule has 5 heteroatoms. The second-order valence-corrected chi connectivity index (χ2v) is 8.96. The second kappa shape index (κ2) is 6.43. The van der Waals surface area contributed by atoms with Gasteiger partial charge in [0, 0.05) is 23.2 Å². The van der Waals surface area contributed by atoms with E-state index in [0.717, 1.165) is 22.0 Å². The maximum atomic E-state index is 11.6. The first-order valence-corrected chi connectivity index (χ1v) is 10.8. The highest BCUT2D eigenvalue weighted by atomic mass is 32.2. The highest BCUT2D eigenvalue weighted by Gasteiger charge is 2.14. The van der Waals surface area contributed by atoms with E-state index in [0.29, 0.717) is 5.69 Å². The molecule has 0 aliphatic heterocycles. The van der Waals surface area contributed by atoms with Crippen molar-refractivity contribution in [3.63, 3.8) is 0 Å². The number of hydrogen-bond donors (Lipinski definition) is 1. The van der Waals surface area contributed by atoms with Crippen molar-refractivity contribution >= 4 is 37.4 Å². The van der Waals surface area contributed by atoms with Crippen LogP contribution in [0.2, 0.25) is 0 Å². The third kappa shape index (κ3) is 3.43. The molecule has 0 amide bonds. The predicted molar refractivity (Wildman–Crippen MR) is 114 cm³/mol. The Morgan fingerprint density at radius 2 is 1.67 bits per heavy atom. The van der Waals surface area contributed by atoms with Gasteiger partial charge in [-0.1, -0.05) is 42.5 Å². The van der Waals surface area contributed by atoms with Crippen molar-refractivity contribution in [3.05, 3.63) is 66.9 Å². The molecule has 4 nitrogen and oxygen atoms in total. The normalized spacial score (nSPS) is 12.1. The van der Waals surface area contributed by atoms with Crippen molar-refractivity contribution in [2.75, 3.05) is 11.0 Å². The molecule has 0 aliphatic rings. The molecule has 0 radical (unpaired) electrons. The highest BCUT2D eigenvalue weighted by molar-refractivity contribution is 7.92. The molecule has 4 aromatic rings. The summed E-state index contributed by atoms with van der Waals surface area (Å²) in [4.78, 5) is 0. The number of anilines is 1. The van der Waals surface area contributed by atoms with Crippen LogP contribution in [0.3, 0.4) is 0 Å². The summed E-state index contributed by atoms with van der Waals surface area (Å²) in [5.41, 5.74) is 3.90. The van der Waals surface area contributed by atoms with Crippen LogP contribution >= 0.6 is 0 Å². The number of nitrogens with zero attached hydrogens (tertiary/aromatic N) is 1. The third-order valence-electron chi connectivity index (χ3n) is 4.75. The number of sulfonamides is 1. The summed E-state index contributed by atoms with van der Waals surface area (Å²) >= 11 is 0. The van der Waals surface area contributed by atoms with E-state index < -0.39 is 10.0 Å². The van der Waals surface area contributed by atoms with E-state index in [1.807, 2.05) is 30.3 Å². The zero-order chi connectivity index (χ0) is 19.2. The summed E-state index contributed by atoms with van der Waals surface area (Å²) in [6.07, 6.45) is 3.32. The van der Waals surface area contributed by atoms with Gasteiger partial charge in [0.15, 0.2) is 0 Å². The number of rotatable bonds is 4. The molecule has 1 N–H and O–H groups in total.